The van der Waals surface area contributed by atoms with Crippen LogP contribution >= 0.6 is 0 Å². The zero-order valence-electron chi connectivity index (χ0n) is 2.41. The van der Waals surface area contributed by atoms with Gasteiger partial charge in [-0.1, -0.05) is 0 Å². The van der Waals surface area contributed by atoms with Crippen LogP contribution in [0.4, 0.5) is 0 Å². The molecule has 0 N–H and O–H groups in total. The average Bonchev–Trinajstić information content (AvgIpc) is 0. The van der Waals surface area contributed by atoms with Crippen LogP contribution in [0.25, 0.3) is 0 Å². The van der Waals surface area contributed by atoms with Crippen LogP contribution in [0.2, 0.25) is 0 Å². The first kappa shape index (κ1) is 122. The standard InChI is InChI=1S/Ag.Al.Cu.3O/q+1;+3;+2;3*-2. The van der Waals surface area contributed by atoms with E-state index < -0.39 is 0 Å². The molecule has 0 atom stereocenters. The maximum Gasteiger partial charge on any atom is 3.00 e. The van der Waals surface area contributed by atoms with Crippen molar-refractivity contribution in [1.82, 2.24) is 0 Å². The Morgan fingerprint density at radius 1 is 0.667 bits per heavy atom. The van der Waals surface area contributed by atoms with E-state index in [4.69, 9.17) is 0 Å². The second-order valence-corrected chi connectivity index (χ2v) is 0. The van der Waals surface area contributed by atoms with E-state index in [1.165, 1.54) is 0 Å². The van der Waals surface area contributed by atoms with Gasteiger partial charge in [0, 0.05) is 0 Å². The van der Waals surface area contributed by atoms with E-state index in [1.54, 1.807) is 0 Å². The second kappa shape index (κ2) is 76.8. The van der Waals surface area contributed by atoms with E-state index in [2.05, 4.69) is 0 Å². The summed E-state index contributed by atoms with van der Waals surface area (Å²) in [4.78, 5) is 0. The molecular formula is AgAlCuO3. The fourth-order valence-corrected chi connectivity index (χ4v) is 0. The molecule has 0 heterocycles. The van der Waals surface area contributed by atoms with Gasteiger partial charge >= 0.3 is 56.8 Å². The molecule has 6 heavy (non-hydrogen) atoms. The molecular weight excluding hydrogens is 246 g/mol. The van der Waals surface area contributed by atoms with Crippen LogP contribution in [0, 0.1) is 0 Å². The zero-order valence-corrected chi connectivity index (χ0v) is 5.98. The van der Waals surface area contributed by atoms with E-state index in [9.17, 15) is 0 Å². The first-order valence-corrected chi connectivity index (χ1v) is 0. The van der Waals surface area contributed by atoms with Gasteiger partial charge < -0.3 is 16.4 Å². The Hall–Kier alpha value is 1.67. The second-order valence-electron chi connectivity index (χ2n) is 0. The quantitative estimate of drug-likeness (QED) is 0.504. The molecule has 0 aromatic carbocycles. The minimum absolute atomic E-state index is 0. The van der Waals surface area contributed by atoms with Gasteiger partial charge in [-0.2, -0.15) is 0 Å². The third-order valence-corrected chi connectivity index (χ3v) is 0. The van der Waals surface area contributed by atoms with Gasteiger partial charge in [-0.05, 0) is 0 Å². The summed E-state index contributed by atoms with van der Waals surface area (Å²) in [5, 5.41) is 0. The Kier molecular flexibility index (Phi) is 1560. The molecule has 1 radical (unpaired) electrons. The van der Waals surface area contributed by atoms with Crippen molar-refractivity contribution in [3.8, 4) is 0 Å². The molecule has 43 valence electrons. The summed E-state index contributed by atoms with van der Waals surface area (Å²) < 4.78 is 0. The molecule has 3 nitrogen and oxygen atoms in total. The summed E-state index contributed by atoms with van der Waals surface area (Å²) >= 11 is 0. The van der Waals surface area contributed by atoms with Gasteiger partial charge in [0.15, 0.2) is 0 Å². The summed E-state index contributed by atoms with van der Waals surface area (Å²) in [6.07, 6.45) is 0. The number of hydrogen-bond donors (Lipinski definition) is 0. The molecule has 0 fully saturated rings. The molecule has 6 heteroatoms. The topological polar surface area (TPSA) is 85.5 Å². The van der Waals surface area contributed by atoms with Crippen molar-refractivity contribution in [2.75, 3.05) is 0 Å². The number of hydrogen-bond acceptors (Lipinski definition) is 0. The summed E-state index contributed by atoms with van der Waals surface area (Å²) in [5.74, 6) is 0. The van der Waals surface area contributed by atoms with E-state index in [-0.39, 0.29) is 73.2 Å². The van der Waals surface area contributed by atoms with Crippen LogP contribution in [-0.2, 0) is 55.9 Å². The number of rotatable bonds is 0. The Labute approximate surface area is 72.9 Å². The van der Waals surface area contributed by atoms with Crippen molar-refractivity contribution in [3.05, 3.63) is 0 Å². The SMILES string of the molecule is [Ag+].[Al+3].[Cu+2].[O-2].[O-2].[O-2]. The minimum atomic E-state index is 0. The predicted molar refractivity (Wildman–Crippen MR) is 7.81 cm³/mol. The van der Waals surface area contributed by atoms with Crippen LogP contribution in [0.1, 0.15) is 0 Å². The van der Waals surface area contributed by atoms with Crippen molar-refractivity contribution in [3.63, 3.8) is 0 Å². The molecule has 0 aromatic rings. The van der Waals surface area contributed by atoms with Crippen molar-refractivity contribution < 1.29 is 55.9 Å². The van der Waals surface area contributed by atoms with Gasteiger partial charge in [0.2, 0.25) is 0 Å². The Balaban J connectivity index is 0. The van der Waals surface area contributed by atoms with Crippen LogP contribution in [0.15, 0.2) is 0 Å². The average molecular weight is 246 g/mol. The molecule has 0 aliphatic carbocycles. The van der Waals surface area contributed by atoms with Gasteiger partial charge in [0.1, 0.15) is 0 Å². The van der Waals surface area contributed by atoms with Crippen molar-refractivity contribution in [2.45, 2.75) is 0 Å². The molecule has 0 amide bonds. The van der Waals surface area contributed by atoms with E-state index in [0.717, 1.165) is 0 Å². The summed E-state index contributed by atoms with van der Waals surface area (Å²) in [6, 6.07) is 0. The monoisotopic (exact) mass is 245 g/mol. The zero-order chi connectivity index (χ0) is 0. The predicted octanol–water partition coefficient (Wildman–Crippen LogP) is -0.742. The van der Waals surface area contributed by atoms with Crippen molar-refractivity contribution >= 4 is 17.4 Å². The molecule has 0 saturated heterocycles. The van der Waals surface area contributed by atoms with Gasteiger partial charge in [-0.3, -0.25) is 0 Å². The maximum absolute atomic E-state index is 0. The minimum Gasteiger partial charge on any atom is -2.00 e. The smallest absolute Gasteiger partial charge is 2.00 e. The first-order valence-electron chi connectivity index (χ1n) is 0. The molecule has 0 aliphatic rings. The first-order chi connectivity index (χ1) is 0. The van der Waals surface area contributed by atoms with Gasteiger partial charge in [0.25, 0.3) is 0 Å². The van der Waals surface area contributed by atoms with Crippen LogP contribution in [0.3, 0.4) is 0 Å². The van der Waals surface area contributed by atoms with Crippen molar-refractivity contribution in [1.29, 1.82) is 0 Å². The fraction of sp³-hybridized carbons (Fsp3) is 0. The fourth-order valence-electron chi connectivity index (χ4n) is 0. The van der Waals surface area contributed by atoms with E-state index in [0.29, 0.717) is 0 Å². The molecule has 0 aromatic heterocycles. The maximum atomic E-state index is 0. The van der Waals surface area contributed by atoms with Gasteiger partial charge in [-0.15, -0.1) is 0 Å². The molecule has 0 rings (SSSR count). The van der Waals surface area contributed by atoms with Gasteiger partial charge in [0.05, 0.1) is 0 Å². The largest absolute Gasteiger partial charge is 3.00 e. The molecule has 0 spiro atoms. The van der Waals surface area contributed by atoms with Gasteiger partial charge in [-0.25, -0.2) is 0 Å². The van der Waals surface area contributed by atoms with Crippen molar-refractivity contribution in [2.24, 2.45) is 0 Å². The third-order valence-electron chi connectivity index (χ3n) is 0. The molecule has 0 saturated carbocycles. The summed E-state index contributed by atoms with van der Waals surface area (Å²) in [5.41, 5.74) is 0. The third kappa shape index (κ3) is 44.3. The summed E-state index contributed by atoms with van der Waals surface area (Å²) in [6.45, 7) is 0. The van der Waals surface area contributed by atoms with Crippen LogP contribution < -0.4 is 0 Å². The Bertz CT molecular complexity index is 10.8. The van der Waals surface area contributed by atoms with Crippen LogP contribution in [0.5, 0.6) is 0 Å². The van der Waals surface area contributed by atoms with Crippen LogP contribution in [-0.4, -0.2) is 17.4 Å². The Morgan fingerprint density at radius 2 is 0.667 bits per heavy atom. The molecule has 0 aliphatic heterocycles. The summed E-state index contributed by atoms with van der Waals surface area (Å²) in [7, 11) is 0. The normalized spacial score (nSPS) is 0. The van der Waals surface area contributed by atoms with E-state index >= 15 is 0 Å². The molecule has 0 unspecified atom stereocenters. The Morgan fingerprint density at radius 3 is 0.667 bits per heavy atom. The molecule has 0 bridgehead atoms. The van der Waals surface area contributed by atoms with E-state index in [1.807, 2.05) is 0 Å².